The van der Waals surface area contributed by atoms with Crippen molar-refractivity contribution in [3.63, 3.8) is 0 Å². The number of hydrogen-bond donors (Lipinski definition) is 6. The van der Waals surface area contributed by atoms with Crippen LogP contribution >= 0.6 is 22.7 Å². The molecule has 6 heterocycles. The first-order valence-corrected chi connectivity index (χ1v) is 22.2. The maximum Gasteiger partial charge on any atom is 0.490 e. The monoisotopic (exact) mass is 1000 g/mol. The number of alkyl carbamates (subject to hydrolysis) is 2. The Hall–Kier alpha value is -6.58. The van der Waals surface area contributed by atoms with Gasteiger partial charge in [-0.05, 0) is 49.7 Å². The second-order valence-electron chi connectivity index (χ2n) is 15.9. The molecule has 5 aromatic rings. The Bertz CT molecular complexity index is 2400. The summed E-state index contributed by atoms with van der Waals surface area (Å²) in [7, 11) is 2.57. The molecule has 4 amide bonds. The quantitative estimate of drug-likeness (QED) is 0.0766. The van der Waals surface area contributed by atoms with Gasteiger partial charge in [-0.25, -0.2) is 39.1 Å². The van der Waals surface area contributed by atoms with Crippen molar-refractivity contribution in [3.05, 3.63) is 36.2 Å². The number of H-pyrrole nitrogens is 2. The maximum absolute atomic E-state index is 13.6. The van der Waals surface area contributed by atoms with Crippen LogP contribution in [0.3, 0.4) is 0 Å². The van der Waals surface area contributed by atoms with Crippen LogP contribution in [0.25, 0.3) is 41.8 Å². The molecule has 6 N–H and O–H groups in total. The number of carbonyl (C=O) groups excluding carboxylic acids is 4. The number of amides is 4. The summed E-state index contributed by atoms with van der Waals surface area (Å²) in [6, 6.07) is 2.18. The van der Waals surface area contributed by atoms with Crippen LogP contribution in [0.15, 0.2) is 24.5 Å². The van der Waals surface area contributed by atoms with E-state index in [0.717, 1.165) is 67.5 Å². The second kappa shape index (κ2) is 21.6. The molecule has 0 radical (unpaired) electrons. The molecule has 0 saturated carbocycles. The number of carbonyl (C=O) groups is 6. The molecule has 2 saturated heterocycles. The molecule has 4 atom stereocenters. The molecule has 2 aliphatic heterocycles. The van der Waals surface area contributed by atoms with Crippen molar-refractivity contribution in [2.75, 3.05) is 27.3 Å². The van der Waals surface area contributed by atoms with E-state index in [1.165, 1.54) is 36.9 Å². The van der Waals surface area contributed by atoms with Gasteiger partial charge in [0.05, 0.1) is 70.5 Å². The lowest BCUT2D eigenvalue weighted by atomic mass is 10.0. The Morgan fingerprint density at radius 1 is 0.676 bits per heavy atom. The molecule has 7 rings (SSSR count). The molecule has 2 aliphatic rings. The number of fused-ring (bicyclic) bond motifs is 2. The minimum atomic E-state index is -5.08. The molecule has 20 nitrogen and oxygen atoms in total. The molecule has 2 fully saturated rings. The Morgan fingerprint density at radius 3 is 1.31 bits per heavy atom. The fourth-order valence-electron chi connectivity index (χ4n) is 7.19. The van der Waals surface area contributed by atoms with Gasteiger partial charge in [-0.1, -0.05) is 27.7 Å². The molecule has 370 valence electrons. The van der Waals surface area contributed by atoms with Gasteiger partial charge in [0.2, 0.25) is 11.8 Å². The predicted molar refractivity (Wildman–Crippen MR) is 231 cm³/mol. The molecule has 0 bridgehead atoms. The first-order valence-electron chi connectivity index (χ1n) is 20.6. The van der Waals surface area contributed by atoms with E-state index in [1.807, 2.05) is 39.8 Å². The fourth-order valence-corrected chi connectivity index (χ4v) is 9.09. The average Bonchev–Trinajstić information content (AvgIpc) is 4.12. The van der Waals surface area contributed by atoms with Gasteiger partial charge in [-0.15, -0.1) is 22.7 Å². The number of benzene rings is 1. The summed E-state index contributed by atoms with van der Waals surface area (Å²) >= 11 is 3.07. The third-order valence-corrected chi connectivity index (χ3v) is 12.6. The maximum atomic E-state index is 13.6. The first kappa shape index (κ1) is 52.4. The molecular weight excluding hydrogens is 959 g/mol. The van der Waals surface area contributed by atoms with E-state index in [9.17, 15) is 45.5 Å². The van der Waals surface area contributed by atoms with E-state index in [0.29, 0.717) is 24.7 Å². The van der Waals surface area contributed by atoms with E-state index in [1.54, 1.807) is 22.2 Å². The van der Waals surface area contributed by atoms with Gasteiger partial charge in [-0.3, -0.25) is 9.59 Å². The first-order chi connectivity index (χ1) is 31.8. The van der Waals surface area contributed by atoms with E-state index in [4.69, 9.17) is 39.2 Å². The van der Waals surface area contributed by atoms with E-state index >= 15 is 0 Å². The van der Waals surface area contributed by atoms with Crippen LogP contribution < -0.4 is 10.6 Å². The SMILES string of the molecule is COC(=O)N[C@H](C(=O)N1CCC[C@H]1c1ncc(-c2nc3cc4sc(-c5cnc([C@@H]6CCCN6C(=O)[C@@H](NC(=O)OC)C(C)C)[nH]5)nc4cc3s2)[nH]1)C(C)C.O=C(O)C(F)(F)F.O=C(O)C(F)(F)F. The summed E-state index contributed by atoms with van der Waals surface area (Å²) in [4.78, 5) is 98.4. The number of likely N-dealkylation sites (tertiary alicyclic amines) is 2. The highest BCUT2D eigenvalue weighted by molar-refractivity contribution is 7.23. The highest BCUT2D eigenvalue weighted by Gasteiger charge is 2.41. The second-order valence-corrected chi connectivity index (χ2v) is 18.0. The number of thiazole rings is 2. The van der Waals surface area contributed by atoms with Crippen molar-refractivity contribution in [2.45, 2.75) is 89.9 Å². The van der Waals surface area contributed by atoms with Gasteiger partial charge in [0, 0.05) is 13.1 Å². The zero-order valence-electron chi connectivity index (χ0n) is 36.9. The van der Waals surface area contributed by atoms with E-state index in [-0.39, 0.29) is 35.7 Å². The van der Waals surface area contributed by atoms with Crippen LogP contribution in [0, 0.1) is 11.8 Å². The molecule has 0 unspecified atom stereocenters. The lowest BCUT2D eigenvalue weighted by Gasteiger charge is -2.29. The summed E-state index contributed by atoms with van der Waals surface area (Å²) in [5.74, 6) is -4.70. The Morgan fingerprint density at radius 2 is 1.01 bits per heavy atom. The van der Waals surface area contributed by atoms with Crippen LogP contribution in [0.5, 0.6) is 0 Å². The number of aromatic nitrogens is 6. The van der Waals surface area contributed by atoms with Crippen LogP contribution in [0.2, 0.25) is 0 Å². The van der Waals surface area contributed by atoms with Gasteiger partial charge in [0.1, 0.15) is 33.7 Å². The van der Waals surface area contributed by atoms with Crippen LogP contribution in [-0.2, 0) is 28.7 Å². The summed E-state index contributed by atoms with van der Waals surface area (Å²) in [6.45, 7) is 8.72. The van der Waals surface area contributed by atoms with Gasteiger partial charge in [0.15, 0.2) is 0 Å². The molecule has 0 aliphatic carbocycles. The number of ether oxygens (including phenoxy) is 2. The summed E-state index contributed by atoms with van der Waals surface area (Å²) in [5.41, 5.74) is 3.21. The van der Waals surface area contributed by atoms with Crippen molar-refractivity contribution >= 4 is 79.0 Å². The number of alkyl halides is 6. The zero-order valence-corrected chi connectivity index (χ0v) is 38.6. The number of rotatable bonds is 10. The fraction of sp³-hybridized carbons (Fsp3) is 0.500. The van der Waals surface area contributed by atoms with Gasteiger partial charge in [-0.2, -0.15) is 26.3 Å². The lowest BCUT2D eigenvalue weighted by molar-refractivity contribution is -0.193. The highest BCUT2D eigenvalue weighted by atomic mass is 32.1. The Balaban J connectivity index is 0.000000538. The van der Waals surface area contributed by atoms with Crippen molar-refractivity contribution < 1.29 is 74.8 Å². The number of methoxy groups -OCH3 is 2. The van der Waals surface area contributed by atoms with Crippen LogP contribution in [0.4, 0.5) is 35.9 Å². The number of halogens is 6. The lowest BCUT2D eigenvalue weighted by Crippen LogP contribution is -2.51. The van der Waals surface area contributed by atoms with E-state index < -0.39 is 48.6 Å². The summed E-state index contributed by atoms with van der Waals surface area (Å²) < 4.78 is 74.9. The van der Waals surface area contributed by atoms with Crippen molar-refractivity contribution in [1.29, 1.82) is 0 Å². The number of aliphatic carboxylic acids is 2. The molecule has 0 spiro atoms. The number of carboxylic acid groups (broad SMARTS) is 2. The van der Waals surface area contributed by atoms with Crippen molar-refractivity contribution in [3.8, 4) is 21.4 Å². The number of carboxylic acids is 2. The number of nitrogens with zero attached hydrogens (tertiary/aromatic N) is 6. The Kier molecular flexibility index (Phi) is 16.6. The number of nitrogens with one attached hydrogen (secondary N) is 4. The van der Waals surface area contributed by atoms with E-state index in [2.05, 4.69) is 30.6 Å². The average molecular weight is 1000 g/mol. The number of hydrogen-bond acceptors (Lipinski definition) is 14. The minimum absolute atomic E-state index is 0.119. The van der Waals surface area contributed by atoms with Crippen LogP contribution in [-0.4, -0.2) is 138 Å². The zero-order chi connectivity index (χ0) is 50.4. The molecule has 1 aromatic carbocycles. The molecule has 4 aromatic heterocycles. The van der Waals surface area contributed by atoms with Crippen molar-refractivity contribution in [1.82, 2.24) is 50.3 Å². The summed E-state index contributed by atoms with van der Waals surface area (Å²) in [5, 5.41) is 21.2. The minimum Gasteiger partial charge on any atom is -0.475 e. The largest absolute Gasteiger partial charge is 0.490 e. The van der Waals surface area contributed by atoms with Gasteiger partial charge in [0.25, 0.3) is 0 Å². The topological polar surface area (TPSA) is 275 Å². The van der Waals surface area contributed by atoms with Gasteiger partial charge >= 0.3 is 36.5 Å². The van der Waals surface area contributed by atoms with Gasteiger partial charge < -0.3 is 50.1 Å². The smallest absolute Gasteiger partial charge is 0.475 e. The number of imidazole rings is 2. The number of aromatic amines is 2. The van der Waals surface area contributed by atoms with Crippen molar-refractivity contribution in [2.24, 2.45) is 11.8 Å². The molecule has 28 heteroatoms. The Labute approximate surface area is 389 Å². The normalized spacial score (nSPS) is 17.0. The standard InChI is InChI=1S/C36H44N10O6S2.2C2HF3O2/c1-17(2)27(43-35(49)51-5)33(47)45-11-7-9-23(45)29-37-15-21(39-29)31-41-19-13-26-20(14-25(19)53-31)42-32(54-26)22-16-38-30(40-22)24-10-8-12-46(24)34(48)28(18(3)4)44-36(50)52-6;2*3-2(4,5)1(6)7/h13-18,23-24,27-28H,7-12H2,1-6H3,(H,37,39)(H,38,40)(H,43,49)(H,44,50);2*(H,6,7)/t23-,24-,27-,28-;;/m0../s1. The van der Waals surface area contributed by atoms with Crippen LogP contribution in [0.1, 0.15) is 77.1 Å². The third-order valence-electron chi connectivity index (χ3n) is 10.5. The third kappa shape index (κ3) is 12.5. The predicted octanol–water partition coefficient (Wildman–Crippen LogP) is 7.04. The molecule has 68 heavy (non-hydrogen) atoms. The molecular formula is C40H46F6N10O10S2. The highest BCUT2D eigenvalue weighted by Crippen LogP contribution is 2.39. The summed E-state index contributed by atoms with van der Waals surface area (Å²) in [6.07, 6.45) is -4.75.